The van der Waals surface area contributed by atoms with Gasteiger partial charge in [0.05, 0.1) is 12.5 Å². The van der Waals surface area contributed by atoms with Gasteiger partial charge < -0.3 is 0 Å². The molecular formula is C11H15N3O2S. The topological polar surface area (TPSA) is 62.3 Å². The molecule has 0 aromatic carbocycles. The Kier molecular flexibility index (Phi) is 3.54. The van der Waals surface area contributed by atoms with Crippen LogP contribution in [0, 0.1) is 6.92 Å². The Balaban J connectivity index is 1.92. The van der Waals surface area contributed by atoms with Crippen molar-refractivity contribution >= 4 is 23.2 Å². The van der Waals surface area contributed by atoms with Gasteiger partial charge in [0.25, 0.3) is 0 Å². The highest BCUT2D eigenvalue weighted by Gasteiger charge is 2.37. The predicted octanol–water partition coefficient (Wildman–Crippen LogP) is 0.689. The van der Waals surface area contributed by atoms with Crippen molar-refractivity contribution in [2.45, 2.75) is 32.9 Å². The summed E-state index contributed by atoms with van der Waals surface area (Å²) in [5.74, 6) is -0.212. The second kappa shape index (κ2) is 4.93. The first-order valence-corrected chi connectivity index (χ1v) is 6.48. The third-order valence-corrected chi connectivity index (χ3v) is 3.69. The number of aromatic nitrogens is 1. The number of likely N-dealkylation sites (N-methyl/N-ethyl adjacent to an activating group) is 1. The largest absolute Gasteiger partial charge is 0.299 e. The molecule has 5 nitrogen and oxygen atoms in total. The summed E-state index contributed by atoms with van der Waals surface area (Å²) in [4.78, 5) is 28.9. The third-order valence-electron chi connectivity index (χ3n) is 2.73. The van der Waals surface area contributed by atoms with Crippen molar-refractivity contribution in [2.75, 3.05) is 6.54 Å². The number of rotatable bonds is 4. The Morgan fingerprint density at radius 2 is 2.35 bits per heavy atom. The maximum Gasteiger partial charge on any atom is 0.246 e. The van der Waals surface area contributed by atoms with Gasteiger partial charge in [-0.1, -0.05) is 0 Å². The van der Waals surface area contributed by atoms with E-state index in [9.17, 15) is 9.59 Å². The standard InChI is InChI=1S/C11H15N3O2S/c1-3-14-10(15)4-8(11(14)16)12-5-9-13-7(2)6-17-9/h6,8,12H,3-5H2,1-2H3. The summed E-state index contributed by atoms with van der Waals surface area (Å²) in [6.45, 7) is 4.73. The van der Waals surface area contributed by atoms with Crippen molar-refractivity contribution in [3.8, 4) is 0 Å². The summed E-state index contributed by atoms with van der Waals surface area (Å²) in [6, 6.07) is -0.383. The molecule has 2 rings (SSSR count). The maximum absolute atomic E-state index is 11.8. The Morgan fingerprint density at radius 1 is 1.59 bits per heavy atom. The number of imide groups is 1. The molecule has 1 aromatic heterocycles. The van der Waals surface area contributed by atoms with E-state index in [4.69, 9.17) is 0 Å². The van der Waals surface area contributed by atoms with E-state index in [2.05, 4.69) is 10.3 Å². The minimum absolute atomic E-state index is 0.0923. The molecule has 92 valence electrons. The first kappa shape index (κ1) is 12.2. The first-order chi connectivity index (χ1) is 8.11. The number of hydrogen-bond acceptors (Lipinski definition) is 5. The fraction of sp³-hybridized carbons (Fsp3) is 0.545. The highest BCUT2D eigenvalue weighted by Crippen LogP contribution is 2.14. The molecular weight excluding hydrogens is 238 g/mol. The van der Waals surface area contributed by atoms with E-state index in [0.29, 0.717) is 13.1 Å². The van der Waals surface area contributed by atoms with Crippen LogP contribution < -0.4 is 5.32 Å². The van der Waals surface area contributed by atoms with Crippen molar-refractivity contribution in [2.24, 2.45) is 0 Å². The SMILES string of the molecule is CCN1C(=O)CC(NCc2nc(C)cs2)C1=O. The fourth-order valence-corrected chi connectivity index (χ4v) is 2.59. The lowest BCUT2D eigenvalue weighted by Crippen LogP contribution is -2.38. The van der Waals surface area contributed by atoms with Gasteiger partial charge in [-0.3, -0.25) is 19.8 Å². The molecule has 2 heterocycles. The van der Waals surface area contributed by atoms with Crippen LogP contribution in [-0.4, -0.2) is 34.3 Å². The lowest BCUT2D eigenvalue weighted by Gasteiger charge is -2.12. The van der Waals surface area contributed by atoms with E-state index in [1.165, 1.54) is 4.90 Å². The van der Waals surface area contributed by atoms with Crippen LogP contribution in [0.2, 0.25) is 0 Å². The van der Waals surface area contributed by atoms with E-state index in [0.717, 1.165) is 10.7 Å². The third kappa shape index (κ3) is 2.53. The summed E-state index contributed by atoms with van der Waals surface area (Å²) in [5.41, 5.74) is 0.982. The van der Waals surface area contributed by atoms with Crippen LogP contribution in [0.4, 0.5) is 0 Å². The molecule has 0 spiro atoms. The number of thiazole rings is 1. The zero-order valence-electron chi connectivity index (χ0n) is 9.90. The highest BCUT2D eigenvalue weighted by atomic mass is 32.1. The van der Waals surface area contributed by atoms with Gasteiger partial charge in [-0.25, -0.2) is 4.98 Å². The maximum atomic E-state index is 11.8. The number of aryl methyl sites for hydroxylation is 1. The van der Waals surface area contributed by atoms with Gasteiger partial charge in [0.2, 0.25) is 11.8 Å². The lowest BCUT2D eigenvalue weighted by atomic mass is 10.2. The van der Waals surface area contributed by atoms with Crippen LogP contribution in [0.5, 0.6) is 0 Å². The molecule has 1 atom stereocenters. The van der Waals surface area contributed by atoms with Gasteiger partial charge >= 0.3 is 0 Å². The molecule has 1 aliphatic rings. The molecule has 1 aliphatic heterocycles. The second-order valence-corrected chi connectivity index (χ2v) is 4.94. The lowest BCUT2D eigenvalue weighted by molar-refractivity contribution is -0.138. The molecule has 0 saturated carbocycles. The summed E-state index contributed by atoms with van der Waals surface area (Å²) in [5, 5.41) is 6.00. The molecule has 0 bridgehead atoms. The minimum Gasteiger partial charge on any atom is -0.299 e. The van der Waals surface area contributed by atoms with E-state index in [-0.39, 0.29) is 24.3 Å². The van der Waals surface area contributed by atoms with Crippen molar-refractivity contribution in [3.05, 3.63) is 16.1 Å². The smallest absolute Gasteiger partial charge is 0.246 e. The Hall–Kier alpha value is -1.27. The van der Waals surface area contributed by atoms with E-state index < -0.39 is 0 Å². The number of nitrogens with zero attached hydrogens (tertiary/aromatic N) is 2. The van der Waals surface area contributed by atoms with Crippen LogP contribution in [0.25, 0.3) is 0 Å². The molecule has 1 fully saturated rings. The summed E-state index contributed by atoms with van der Waals surface area (Å²) >= 11 is 1.56. The molecule has 2 amide bonds. The number of likely N-dealkylation sites (tertiary alicyclic amines) is 1. The summed E-state index contributed by atoms with van der Waals surface area (Å²) in [6.07, 6.45) is 0.261. The van der Waals surface area contributed by atoms with Gasteiger partial charge in [0, 0.05) is 24.2 Å². The molecule has 6 heteroatoms. The van der Waals surface area contributed by atoms with Gasteiger partial charge in [-0.2, -0.15) is 0 Å². The van der Waals surface area contributed by atoms with E-state index >= 15 is 0 Å². The van der Waals surface area contributed by atoms with Crippen molar-refractivity contribution in [3.63, 3.8) is 0 Å². The van der Waals surface area contributed by atoms with Crippen molar-refractivity contribution in [1.29, 1.82) is 0 Å². The summed E-state index contributed by atoms with van der Waals surface area (Å²) < 4.78 is 0. The minimum atomic E-state index is -0.383. The van der Waals surface area contributed by atoms with Crippen molar-refractivity contribution in [1.82, 2.24) is 15.2 Å². The van der Waals surface area contributed by atoms with Gasteiger partial charge in [0.15, 0.2) is 0 Å². The molecule has 1 unspecified atom stereocenters. The normalized spacial score (nSPS) is 20.4. The quantitative estimate of drug-likeness (QED) is 0.802. The second-order valence-electron chi connectivity index (χ2n) is 4.00. The zero-order chi connectivity index (χ0) is 12.4. The van der Waals surface area contributed by atoms with Crippen molar-refractivity contribution < 1.29 is 9.59 Å². The fourth-order valence-electron chi connectivity index (χ4n) is 1.87. The number of carbonyl (C=O) groups is 2. The zero-order valence-corrected chi connectivity index (χ0v) is 10.7. The molecule has 1 saturated heterocycles. The molecule has 0 aliphatic carbocycles. The molecule has 17 heavy (non-hydrogen) atoms. The number of hydrogen-bond donors (Lipinski definition) is 1. The van der Waals surface area contributed by atoms with E-state index in [1.807, 2.05) is 19.2 Å². The summed E-state index contributed by atoms with van der Waals surface area (Å²) in [7, 11) is 0. The molecule has 1 aromatic rings. The van der Waals surface area contributed by atoms with Crippen LogP contribution >= 0.6 is 11.3 Å². The Labute approximate surface area is 104 Å². The first-order valence-electron chi connectivity index (χ1n) is 5.60. The number of carbonyl (C=O) groups excluding carboxylic acids is 2. The monoisotopic (exact) mass is 253 g/mol. The number of nitrogens with one attached hydrogen (secondary N) is 1. The molecule has 0 radical (unpaired) electrons. The van der Waals surface area contributed by atoms with Gasteiger partial charge in [0.1, 0.15) is 5.01 Å². The Morgan fingerprint density at radius 3 is 2.88 bits per heavy atom. The number of amides is 2. The average Bonchev–Trinajstić information content (AvgIpc) is 2.81. The molecule has 1 N–H and O–H groups in total. The highest BCUT2D eigenvalue weighted by molar-refractivity contribution is 7.09. The van der Waals surface area contributed by atoms with Crippen LogP contribution in [-0.2, 0) is 16.1 Å². The average molecular weight is 253 g/mol. The predicted molar refractivity (Wildman–Crippen MR) is 64.5 cm³/mol. The van der Waals surface area contributed by atoms with Crippen LogP contribution in [0.1, 0.15) is 24.0 Å². The Bertz CT molecular complexity index is 444. The van der Waals surface area contributed by atoms with Gasteiger partial charge in [-0.05, 0) is 13.8 Å². The van der Waals surface area contributed by atoms with E-state index in [1.54, 1.807) is 11.3 Å². The van der Waals surface area contributed by atoms with Crippen LogP contribution in [0.15, 0.2) is 5.38 Å². The van der Waals surface area contributed by atoms with Crippen LogP contribution in [0.3, 0.4) is 0 Å². The van der Waals surface area contributed by atoms with Gasteiger partial charge in [-0.15, -0.1) is 11.3 Å².